The van der Waals surface area contributed by atoms with Gasteiger partial charge in [0.2, 0.25) is 11.8 Å². The number of piperazine rings is 1. The molecule has 0 aliphatic carbocycles. The van der Waals surface area contributed by atoms with Crippen LogP contribution >= 0.6 is 11.6 Å². The standard InChI is InChI=1S/C23H21ClFN3O4/c24-19-13-17(25)5-6-18(19)23(32)27-11-9-26(10-12-27)22(31)16-3-1-15(2-4-16)14-28-20(29)7-8-21(28)30/h1-6,13H,7-12,14H2. The molecular formula is C23H21ClFN3O4. The molecule has 2 aliphatic heterocycles. The van der Waals surface area contributed by atoms with Crippen molar-refractivity contribution in [2.75, 3.05) is 26.2 Å². The van der Waals surface area contributed by atoms with Crippen LogP contribution in [0.15, 0.2) is 42.5 Å². The molecule has 0 saturated carbocycles. The fraction of sp³-hybridized carbons (Fsp3) is 0.304. The molecule has 0 bridgehead atoms. The Morgan fingerprint density at radius 1 is 0.844 bits per heavy atom. The summed E-state index contributed by atoms with van der Waals surface area (Å²) < 4.78 is 13.2. The van der Waals surface area contributed by atoms with Gasteiger partial charge in [0.05, 0.1) is 17.1 Å². The first-order chi connectivity index (χ1) is 15.3. The van der Waals surface area contributed by atoms with E-state index in [9.17, 15) is 23.6 Å². The smallest absolute Gasteiger partial charge is 0.255 e. The number of carbonyl (C=O) groups excluding carboxylic acids is 4. The Balaban J connectivity index is 1.34. The topological polar surface area (TPSA) is 78.0 Å². The van der Waals surface area contributed by atoms with Gasteiger partial charge >= 0.3 is 0 Å². The molecule has 2 fully saturated rings. The summed E-state index contributed by atoms with van der Waals surface area (Å²) in [6.45, 7) is 1.62. The van der Waals surface area contributed by atoms with Crippen molar-refractivity contribution < 1.29 is 23.6 Å². The molecule has 7 nitrogen and oxygen atoms in total. The van der Waals surface area contributed by atoms with Crippen LogP contribution in [0.25, 0.3) is 0 Å². The van der Waals surface area contributed by atoms with E-state index in [-0.39, 0.29) is 53.6 Å². The lowest BCUT2D eigenvalue weighted by atomic mass is 10.1. The van der Waals surface area contributed by atoms with Crippen molar-refractivity contribution >= 4 is 35.2 Å². The van der Waals surface area contributed by atoms with Crippen molar-refractivity contribution in [3.05, 3.63) is 70.0 Å². The summed E-state index contributed by atoms with van der Waals surface area (Å²) in [7, 11) is 0. The quantitative estimate of drug-likeness (QED) is 0.661. The van der Waals surface area contributed by atoms with Crippen LogP contribution in [-0.2, 0) is 16.1 Å². The van der Waals surface area contributed by atoms with Crippen LogP contribution in [0.2, 0.25) is 5.02 Å². The number of nitrogens with zero attached hydrogens (tertiary/aromatic N) is 3. The zero-order chi connectivity index (χ0) is 22.8. The van der Waals surface area contributed by atoms with Gasteiger partial charge in [0.25, 0.3) is 11.8 Å². The number of likely N-dealkylation sites (tertiary alicyclic amines) is 1. The Kier molecular flexibility index (Phi) is 6.23. The minimum absolute atomic E-state index is 0.0610. The zero-order valence-corrected chi connectivity index (χ0v) is 18.0. The van der Waals surface area contributed by atoms with E-state index >= 15 is 0 Å². The molecule has 2 saturated heterocycles. The first-order valence-corrected chi connectivity index (χ1v) is 10.7. The second-order valence-corrected chi connectivity index (χ2v) is 8.19. The van der Waals surface area contributed by atoms with Gasteiger partial charge in [-0.25, -0.2) is 4.39 Å². The first-order valence-electron chi connectivity index (χ1n) is 10.3. The number of imide groups is 1. The molecular weight excluding hydrogens is 437 g/mol. The van der Waals surface area contributed by atoms with E-state index in [1.54, 1.807) is 34.1 Å². The maximum atomic E-state index is 13.2. The highest BCUT2D eigenvalue weighted by Crippen LogP contribution is 2.21. The van der Waals surface area contributed by atoms with Gasteiger partial charge in [-0.3, -0.25) is 24.1 Å². The second-order valence-electron chi connectivity index (χ2n) is 7.78. The van der Waals surface area contributed by atoms with Gasteiger partial charge in [-0.05, 0) is 35.9 Å². The molecule has 2 aliphatic rings. The van der Waals surface area contributed by atoms with Crippen molar-refractivity contribution in [2.24, 2.45) is 0 Å². The fourth-order valence-electron chi connectivity index (χ4n) is 3.86. The van der Waals surface area contributed by atoms with E-state index in [4.69, 9.17) is 11.6 Å². The Labute approximate surface area is 189 Å². The number of benzene rings is 2. The van der Waals surface area contributed by atoms with Crippen molar-refractivity contribution in [1.29, 1.82) is 0 Å². The monoisotopic (exact) mass is 457 g/mol. The molecule has 4 amide bonds. The molecule has 0 radical (unpaired) electrons. The zero-order valence-electron chi connectivity index (χ0n) is 17.2. The average molecular weight is 458 g/mol. The Morgan fingerprint density at radius 2 is 1.41 bits per heavy atom. The minimum atomic E-state index is -0.508. The van der Waals surface area contributed by atoms with E-state index in [1.165, 1.54) is 17.0 Å². The normalized spacial score (nSPS) is 16.6. The highest BCUT2D eigenvalue weighted by Gasteiger charge is 2.29. The van der Waals surface area contributed by atoms with E-state index < -0.39 is 5.82 Å². The van der Waals surface area contributed by atoms with Crippen molar-refractivity contribution in [1.82, 2.24) is 14.7 Å². The van der Waals surface area contributed by atoms with Gasteiger partial charge in [0.1, 0.15) is 5.82 Å². The third kappa shape index (κ3) is 4.50. The minimum Gasteiger partial charge on any atom is -0.335 e. The largest absolute Gasteiger partial charge is 0.335 e. The lowest BCUT2D eigenvalue weighted by molar-refractivity contribution is -0.139. The number of amides is 4. The van der Waals surface area contributed by atoms with Gasteiger partial charge in [-0.1, -0.05) is 23.7 Å². The van der Waals surface area contributed by atoms with Crippen LogP contribution in [0, 0.1) is 5.82 Å². The summed E-state index contributed by atoms with van der Waals surface area (Å²) >= 11 is 5.99. The Hall–Kier alpha value is -3.26. The third-order valence-corrected chi connectivity index (χ3v) is 6.02. The lowest BCUT2D eigenvalue weighted by Crippen LogP contribution is -2.50. The molecule has 2 aromatic rings. The molecule has 0 unspecified atom stereocenters. The predicted molar refractivity (Wildman–Crippen MR) is 114 cm³/mol. The summed E-state index contributed by atoms with van der Waals surface area (Å²) in [4.78, 5) is 53.5. The molecule has 9 heteroatoms. The van der Waals surface area contributed by atoms with Crippen LogP contribution < -0.4 is 0 Å². The van der Waals surface area contributed by atoms with Crippen LogP contribution in [-0.4, -0.2) is 64.5 Å². The second kappa shape index (κ2) is 9.08. The Bertz CT molecular complexity index is 1070. The van der Waals surface area contributed by atoms with Gasteiger partial charge in [-0.2, -0.15) is 0 Å². The van der Waals surface area contributed by atoms with Gasteiger partial charge in [0, 0.05) is 44.6 Å². The summed E-state index contributed by atoms with van der Waals surface area (Å²) in [5.74, 6) is -1.31. The lowest BCUT2D eigenvalue weighted by Gasteiger charge is -2.35. The van der Waals surface area contributed by atoms with Crippen molar-refractivity contribution in [3.63, 3.8) is 0 Å². The predicted octanol–water partition coefficient (Wildman–Crippen LogP) is 2.73. The molecule has 0 N–H and O–H groups in total. The molecule has 0 atom stereocenters. The van der Waals surface area contributed by atoms with Gasteiger partial charge in [-0.15, -0.1) is 0 Å². The van der Waals surface area contributed by atoms with Gasteiger partial charge < -0.3 is 9.80 Å². The maximum absolute atomic E-state index is 13.2. The highest BCUT2D eigenvalue weighted by atomic mass is 35.5. The number of rotatable bonds is 4. The SMILES string of the molecule is O=C(c1ccc(CN2C(=O)CCC2=O)cc1)N1CCN(C(=O)c2ccc(F)cc2Cl)CC1. The van der Waals surface area contributed by atoms with Crippen LogP contribution in [0.1, 0.15) is 39.1 Å². The molecule has 166 valence electrons. The van der Waals surface area contributed by atoms with E-state index in [0.29, 0.717) is 31.7 Å². The maximum Gasteiger partial charge on any atom is 0.255 e. The summed E-state index contributed by atoms with van der Waals surface area (Å²) in [6, 6.07) is 10.5. The molecule has 4 rings (SSSR count). The molecule has 0 spiro atoms. The van der Waals surface area contributed by atoms with E-state index in [2.05, 4.69) is 0 Å². The summed E-state index contributed by atoms with van der Waals surface area (Å²) in [5, 5.41) is 0.0610. The fourth-order valence-corrected chi connectivity index (χ4v) is 4.11. The Morgan fingerprint density at radius 3 is 1.97 bits per heavy atom. The van der Waals surface area contributed by atoms with Crippen LogP contribution in [0.4, 0.5) is 4.39 Å². The molecule has 2 aromatic carbocycles. The number of hydrogen-bond donors (Lipinski definition) is 0. The number of hydrogen-bond acceptors (Lipinski definition) is 4. The van der Waals surface area contributed by atoms with Gasteiger partial charge in [0.15, 0.2) is 0 Å². The van der Waals surface area contributed by atoms with Crippen LogP contribution in [0.5, 0.6) is 0 Å². The average Bonchev–Trinajstić information content (AvgIpc) is 3.11. The molecule has 32 heavy (non-hydrogen) atoms. The van der Waals surface area contributed by atoms with Crippen LogP contribution in [0.3, 0.4) is 0 Å². The number of halogens is 2. The molecule has 0 aromatic heterocycles. The summed E-state index contributed by atoms with van der Waals surface area (Å²) in [6.07, 6.45) is 0.495. The first kappa shape index (κ1) is 22.0. The highest BCUT2D eigenvalue weighted by molar-refractivity contribution is 6.33. The van der Waals surface area contributed by atoms with E-state index in [1.807, 2.05) is 0 Å². The molecule has 2 heterocycles. The van der Waals surface area contributed by atoms with E-state index in [0.717, 1.165) is 11.6 Å². The van der Waals surface area contributed by atoms with Crippen molar-refractivity contribution in [3.8, 4) is 0 Å². The number of carbonyl (C=O) groups is 4. The third-order valence-electron chi connectivity index (χ3n) is 5.71. The summed E-state index contributed by atoms with van der Waals surface area (Å²) in [5.41, 5.74) is 1.50. The van der Waals surface area contributed by atoms with Crippen molar-refractivity contribution in [2.45, 2.75) is 19.4 Å².